The molecule has 1 heterocycles. The molecule has 0 fully saturated rings. The molecular weight excluding hydrogens is 168 g/mol. The first-order valence-electron chi connectivity index (χ1n) is 4.48. The standard InChI is InChI=1S/C9H16N2O2/c12-6-5-10-3-4-11-8-9-2-1-7-13-9/h1-2,7,10-12H,3-6,8H2. The molecule has 1 rings (SSSR count). The molecule has 0 unspecified atom stereocenters. The van der Waals surface area contributed by atoms with Gasteiger partial charge in [0.15, 0.2) is 0 Å². The highest BCUT2D eigenvalue weighted by Gasteiger charge is 1.92. The zero-order valence-corrected chi connectivity index (χ0v) is 7.62. The summed E-state index contributed by atoms with van der Waals surface area (Å²) >= 11 is 0. The normalized spacial score (nSPS) is 10.5. The molecule has 74 valence electrons. The van der Waals surface area contributed by atoms with Crippen molar-refractivity contribution in [2.45, 2.75) is 6.54 Å². The smallest absolute Gasteiger partial charge is 0.117 e. The van der Waals surface area contributed by atoms with Crippen LogP contribution in [0.25, 0.3) is 0 Å². The highest BCUT2D eigenvalue weighted by Crippen LogP contribution is 1.97. The van der Waals surface area contributed by atoms with E-state index in [1.807, 2.05) is 12.1 Å². The van der Waals surface area contributed by atoms with Gasteiger partial charge in [-0.3, -0.25) is 0 Å². The Bertz CT molecular complexity index is 199. The van der Waals surface area contributed by atoms with Gasteiger partial charge in [0.2, 0.25) is 0 Å². The van der Waals surface area contributed by atoms with Gasteiger partial charge in [0.25, 0.3) is 0 Å². The van der Waals surface area contributed by atoms with E-state index in [1.54, 1.807) is 6.26 Å². The summed E-state index contributed by atoms with van der Waals surface area (Å²) in [5, 5.41) is 14.8. The molecule has 0 aliphatic rings. The molecule has 0 radical (unpaired) electrons. The maximum atomic E-state index is 8.48. The van der Waals surface area contributed by atoms with Gasteiger partial charge in [-0.2, -0.15) is 0 Å². The van der Waals surface area contributed by atoms with E-state index in [0.29, 0.717) is 6.54 Å². The van der Waals surface area contributed by atoms with Gasteiger partial charge in [-0.05, 0) is 12.1 Å². The fourth-order valence-corrected chi connectivity index (χ4v) is 1.01. The minimum atomic E-state index is 0.193. The van der Waals surface area contributed by atoms with Crippen molar-refractivity contribution in [3.63, 3.8) is 0 Å². The third-order valence-corrected chi connectivity index (χ3v) is 1.65. The van der Waals surface area contributed by atoms with Crippen LogP contribution in [-0.2, 0) is 6.54 Å². The summed E-state index contributed by atoms with van der Waals surface area (Å²) in [7, 11) is 0. The summed E-state index contributed by atoms with van der Waals surface area (Å²) in [6.45, 7) is 3.34. The average molecular weight is 184 g/mol. The highest BCUT2D eigenvalue weighted by molar-refractivity contribution is 4.97. The van der Waals surface area contributed by atoms with Crippen LogP contribution >= 0.6 is 0 Å². The molecule has 0 saturated carbocycles. The monoisotopic (exact) mass is 184 g/mol. The fraction of sp³-hybridized carbons (Fsp3) is 0.556. The molecule has 1 aromatic heterocycles. The van der Waals surface area contributed by atoms with Crippen LogP contribution in [-0.4, -0.2) is 31.3 Å². The van der Waals surface area contributed by atoms with Gasteiger partial charge >= 0.3 is 0 Å². The number of rotatable bonds is 7. The number of aliphatic hydroxyl groups excluding tert-OH is 1. The van der Waals surface area contributed by atoms with E-state index in [4.69, 9.17) is 9.52 Å². The summed E-state index contributed by atoms with van der Waals surface area (Å²) in [4.78, 5) is 0. The predicted molar refractivity (Wildman–Crippen MR) is 50.4 cm³/mol. The average Bonchev–Trinajstić information content (AvgIpc) is 2.63. The minimum absolute atomic E-state index is 0.193. The van der Waals surface area contributed by atoms with Crippen molar-refractivity contribution >= 4 is 0 Å². The van der Waals surface area contributed by atoms with Gasteiger partial charge in [-0.15, -0.1) is 0 Å². The second-order valence-electron chi connectivity index (χ2n) is 2.73. The first-order valence-corrected chi connectivity index (χ1v) is 4.48. The van der Waals surface area contributed by atoms with Crippen molar-refractivity contribution in [1.29, 1.82) is 0 Å². The molecule has 0 saturated heterocycles. The lowest BCUT2D eigenvalue weighted by Crippen LogP contribution is -2.28. The Morgan fingerprint density at radius 2 is 2.08 bits per heavy atom. The van der Waals surface area contributed by atoms with E-state index in [9.17, 15) is 0 Å². The van der Waals surface area contributed by atoms with Crippen molar-refractivity contribution in [3.05, 3.63) is 24.2 Å². The van der Waals surface area contributed by atoms with E-state index in [1.165, 1.54) is 0 Å². The zero-order chi connectivity index (χ0) is 9.36. The van der Waals surface area contributed by atoms with Crippen LogP contribution in [0.2, 0.25) is 0 Å². The molecule has 1 aromatic rings. The van der Waals surface area contributed by atoms with Crippen molar-refractivity contribution in [1.82, 2.24) is 10.6 Å². The number of hydrogen-bond donors (Lipinski definition) is 3. The molecule has 0 amide bonds. The summed E-state index contributed by atoms with van der Waals surface area (Å²) in [6, 6.07) is 3.81. The van der Waals surface area contributed by atoms with Crippen molar-refractivity contribution in [2.75, 3.05) is 26.2 Å². The van der Waals surface area contributed by atoms with Gasteiger partial charge in [-0.1, -0.05) is 0 Å². The summed E-state index contributed by atoms with van der Waals surface area (Å²) in [6.07, 6.45) is 1.67. The Labute approximate surface area is 77.9 Å². The molecule has 0 aliphatic heterocycles. The topological polar surface area (TPSA) is 57.4 Å². The van der Waals surface area contributed by atoms with Gasteiger partial charge in [0, 0.05) is 19.6 Å². The Kier molecular flexibility index (Phi) is 5.24. The van der Waals surface area contributed by atoms with Crippen LogP contribution in [0.1, 0.15) is 5.76 Å². The van der Waals surface area contributed by atoms with E-state index >= 15 is 0 Å². The zero-order valence-electron chi connectivity index (χ0n) is 7.62. The Balaban J connectivity index is 1.90. The lowest BCUT2D eigenvalue weighted by molar-refractivity contribution is 0.292. The maximum Gasteiger partial charge on any atom is 0.117 e. The summed E-state index contributed by atoms with van der Waals surface area (Å²) in [5.74, 6) is 0.946. The third kappa shape index (κ3) is 4.67. The molecule has 4 heteroatoms. The van der Waals surface area contributed by atoms with Crippen molar-refractivity contribution < 1.29 is 9.52 Å². The molecule has 4 nitrogen and oxygen atoms in total. The number of furan rings is 1. The lowest BCUT2D eigenvalue weighted by atomic mass is 10.4. The third-order valence-electron chi connectivity index (χ3n) is 1.65. The highest BCUT2D eigenvalue weighted by atomic mass is 16.3. The predicted octanol–water partition coefficient (Wildman–Crippen LogP) is -0.0489. The van der Waals surface area contributed by atoms with E-state index < -0.39 is 0 Å². The van der Waals surface area contributed by atoms with E-state index in [2.05, 4.69) is 10.6 Å². The Hall–Kier alpha value is -0.840. The van der Waals surface area contributed by atoms with Crippen molar-refractivity contribution in [2.24, 2.45) is 0 Å². The molecule has 3 N–H and O–H groups in total. The first kappa shape index (κ1) is 10.2. The van der Waals surface area contributed by atoms with Gasteiger partial charge in [-0.25, -0.2) is 0 Å². The lowest BCUT2D eigenvalue weighted by Gasteiger charge is -2.03. The van der Waals surface area contributed by atoms with Crippen molar-refractivity contribution in [3.8, 4) is 0 Å². The number of aliphatic hydroxyl groups is 1. The fourth-order valence-electron chi connectivity index (χ4n) is 1.01. The van der Waals surface area contributed by atoms with Crippen LogP contribution in [0.4, 0.5) is 0 Å². The first-order chi connectivity index (χ1) is 6.43. The quantitative estimate of drug-likeness (QED) is 0.520. The molecule has 0 spiro atoms. The van der Waals surface area contributed by atoms with Crippen LogP contribution in [0.5, 0.6) is 0 Å². The Morgan fingerprint density at radius 1 is 1.23 bits per heavy atom. The number of nitrogens with one attached hydrogen (secondary N) is 2. The Morgan fingerprint density at radius 3 is 2.77 bits per heavy atom. The number of hydrogen-bond acceptors (Lipinski definition) is 4. The molecule has 0 atom stereocenters. The van der Waals surface area contributed by atoms with Crippen LogP contribution in [0.15, 0.2) is 22.8 Å². The summed E-state index contributed by atoms with van der Waals surface area (Å²) in [5.41, 5.74) is 0. The van der Waals surface area contributed by atoms with Gasteiger partial charge in [0.05, 0.1) is 19.4 Å². The van der Waals surface area contributed by atoms with Gasteiger partial charge < -0.3 is 20.2 Å². The minimum Gasteiger partial charge on any atom is -0.468 e. The molecule has 0 bridgehead atoms. The van der Waals surface area contributed by atoms with Gasteiger partial charge in [0.1, 0.15) is 5.76 Å². The largest absolute Gasteiger partial charge is 0.468 e. The molecule has 0 aliphatic carbocycles. The molecule has 13 heavy (non-hydrogen) atoms. The molecular formula is C9H16N2O2. The van der Waals surface area contributed by atoms with E-state index in [0.717, 1.165) is 25.4 Å². The van der Waals surface area contributed by atoms with E-state index in [-0.39, 0.29) is 6.61 Å². The van der Waals surface area contributed by atoms with Crippen LogP contribution in [0, 0.1) is 0 Å². The molecule has 0 aromatic carbocycles. The second kappa shape index (κ2) is 6.65. The summed E-state index contributed by atoms with van der Waals surface area (Å²) < 4.78 is 5.14. The SMILES string of the molecule is OCCNCCNCc1ccco1. The maximum absolute atomic E-state index is 8.48. The van der Waals surface area contributed by atoms with Crippen LogP contribution in [0.3, 0.4) is 0 Å². The van der Waals surface area contributed by atoms with Crippen LogP contribution < -0.4 is 10.6 Å². The second-order valence-corrected chi connectivity index (χ2v) is 2.73.